The third kappa shape index (κ3) is 2.09. The van der Waals surface area contributed by atoms with Gasteiger partial charge in [0.2, 0.25) is 0 Å². The highest BCUT2D eigenvalue weighted by Gasteiger charge is 2.27. The number of imidazole rings is 1. The third-order valence-corrected chi connectivity index (χ3v) is 4.33. The predicted octanol–water partition coefficient (Wildman–Crippen LogP) is 2.16. The highest BCUT2D eigenvalue weighted by molar-refractivity contribution is 7.13. The normalized spacial score (nSPS) is 24.3. The Labute approximate surface area is 111 Å². The van der Waals surface area contributed by atoms with Gasteiger partial charge in [0.05, 0.1) is 17.5 Å². The van der Waals surface area contributed by atoms with E-state index in [1.165, 1.54) is 4.88 Å². The number of hydrogen-bond acceptors (Lipinski definition) is 4. The van der Waals surface area contributed by atoms with Crippen molar-refractivity contribution in [3.63, 3.8) is 0 Å². The molecule has 1 N–H and O–H groups in total. The molecule has 0 amide bonds. The Bertz CT molecular complexity index is 494. The molecule has 2 aromatic heterocycles. The van der Waals surface area contributed by atoms with E-state index in [0.29, 0.717) is 12.1 Å². The Morgan fingerprint density at radius 1 is 1.56 bits per heavy atom. The number of ether oxygens (including phenoxy) is 1. The summed E-state index contributed by atoms with van der Waals surface area (Å²) in [6.45, 7) is 1.59. The molecule has 0 spiro atoms. The van der Waals surface area contributed by atoms with Gasteiger partial charge < -0.3 is 14.6 Å². The lowest BCUT2D eigenvalue weighted by molar-refractivity contribution is 0.0396. The maximum Gasteiger partial charge on any atom is 0.150 e. The zero-order valence-electron chi connectivity index (χ0n) is 10.4. The first-order valence-corrected chi connectivity index (χ1v) is 7.10. The maximum atomic E-state index is 5.63. The second kappa shape index (κ2) is 5.22. The molecule has 18 heavy (non-hydrogen) atoms. The van der Waals surface area contributed by atoms with E-state index >= 15 is 0 Å². The third-order valence-electron chi connectivity index (χ3n) is 3.46. The summed E-state index contributed by atoms with van der Waals surface area (Å²) >= 11 is 1.72. The summed E-state index contributed by atoms with van der Waals surface area (Å²) in [4.78, 5) is 5.70. The summed E-state index contributed by atoms with van der Waals surface area (Å²) in [5.41, 5.74) is 0. The zero-order valence-corrected chi connectivity index (χ0v) is 11.2. The highest BCUT2D eigenvalue weighted by Crippen LogP contribution is 2.29. The van der Waals surface area contributed by atoms with Gasteiger partial charge in [-0.1, -0.05) is 6.07 Å². The van der Waals surface area contributed by atoms with Gasteiger partial charge in [-0.3, -0.25) is 0 Å². The van der Waals surface area contributed by atoms with Crippen LogP contribution in [-0.4, -0.2) is 35.9 Å². The Kier molecular flexibility index (Phi) is 3.45. The highest BCUT2D eigenvalue weighted by atomic mass is 32.1. The fourth-order valence-electron chi connectivity index (χ4n) is 2.51. The van der Waals surface area contributed by atoms with Crippen molar-refractivity contribution in [1.82, 2.24) is 14.9 Å². The van der Waals surface area contributed by atoms with Crippen molar-refractivity contribution >= 4 is 11.3 Å². The molecule has 0 aromatic carbocycles. The second-order valence-corrected chi connectivity index (χ2v) is 5.41. The average Bonchev–Trinajstić information content (AvgIpc) is 3.09. The molecule has 1 aliphatic heterocycles. The van der Waals surface area contributed by atoms with Gasteiger partial charge in [0.1, 0.15) is 5.82 Å². The van der Waals surface area contributed by atoms with Gasteiger partial charge in [-0.2, -0.15) is 0 Å². The van der Waals surface area contributed by atoms with E-state index in [-0.39, 0.29) is 0 Å². The lowest BCUT2D eigenvalue weighted by Gasteiger charge is -2.33. The molecule has 1 aliphatic rings. The summed E-state index contributed by atoms with van der Waals surface area (Å²) in [6, 6.07) is 4.95. The van der Waals surface area contributed by atoms with Gasteiger partial charge in [0.15, 0.2) is 0 Å². The largest absolute Gasteiger partial charge is 0.379 e. The minimum Gasteiger partial charge on any atom is -0.379 e. The van der Waals surface area contributed by atoms with Crippen LogP contribution in [0, 0.1) is 0 Å². The molecule has 0 bridgehead atoms. The smallest absolute Gasteiger partial charge is 0.150 e. The van der Waals surface area contributed by atoms with E-state index in [1.807, 2.05) is 13.2 Å². The molecule has 1 fully saturated rings. The number of nitrogens with one attached hydrogen (secondary N) is 1. The first kappa shape index (κ1) is 11.9. The van der Waals surface area contributed by atoms with E-state index in [9.17, 15) is 0 Å². The van der Waals surface area contributed by atoms with E-state index < -0.39 is 0 Å². The molecule has 3 heterocycles. The van der Waals surface area contributed by atoms with Gasteiger partial charge in [-0.05, 0) is 24.9 Å². The first-order chi connectivity index (χ1) is 8.90. The molecule has 3 rings (SSSR count). The summed E-state index contributed by atoms with van der Waals surface area (Å²) in [6.07, 6.45) is 4.97. The molecule has 0 aliphatic carbocycles. The predicted molar refractivity (Wildman–Crippen MR) is 72.9 cm³/mol. The number of rotatable bonds is 3. The molecular weight excluding hydrogens is 246 g/mol. The summed E-state index contributed by atoms with van der Waals surface area (Å²) in [5.74, 6) is 1.04. The second-order valence-electron chi connectivity index (χ2n) is 4.46. The topological polar surface area (TPSA) is 39.1 Å². The van der Waals surface area contributed by atoms with E-state index in [2.05, 4.69) is 38.6 Å². The molecule has 2 aromatic rings. The van der Waals surface area contributed by atoms with Crippen LogP contribution in [0.25, 0.3) is 10.7 Å². The molecule has 5 heteroatoms. The molecule has 2 unspecified atom stereocenters. The van der Waals surface area contributed by atoms with Crippen LogP contribution in [0.15, 0.2) is 29.9 Å². The minimum atomic E-state index is 0.323. The quantitative estimate of drug-likeness (QED) is 0.922. The molecule has 2 atom stereocenters. The van der Waals surface area contributed by atoms with Crippen LogP contribution in [0.5, 0.6) is 0 Å². The van der Waals surface area contributed by atoms with Crippen LogP contribution >= 0.6 is 11.3 Å². The van der Waals surface area contributed by atoms with Crippen molar-refractivity contribution in [2.45, 2.75) is 18.5 Å². The van der Waals surface area contributed by atoms with E-state index in [1.54, 1.807) is 11.3 Å². The van der Waals surface area contributed by atoms with Gasteiger partial charge in [-0.15, -0.1) is 11.3 Å². The van der Waals surface area contributed by atoms with Crippen molar-refractivity contribution in [1.29, 1.82) is 0 Å². The molecule has 0 radical (unpaired) electrons. The average molecular weight is 263 g/mol. The van der Waals surface area contributed by atoms with Crippen molar-refractivity contribution in [3.05, 3.63) is 29.9 Å². The summed E-state index contributed by atoms with van der Waals surface area (Å²) < 4.78 is 7.87. The Balaban J connectivity index is 1.94. The number of aromatic nitrogens is 2. The van der Waals surface area contributed by atoms with E-state index in [4.69, 9.17) is 4.74 Å². The van der Waals surface area contributed by atoms with Crippen LogP contribution in [0.1, 0.15) is 12.5 Å². The van der Waals surface area contributed by atoms with Crippen LogP contribution in [0.4, 0.5) is 0 Å². The van der Waals surface area contributed by atoms with Crippen LogP contribution in [0.2, 0.25) is 0 Å². The number of likely N-dealkylation sites (N-methyl/N-ethyl adjacent to an activating group) is 1. The fraction of sp³-hybridized carbons (Fsp3) is 0.462. The van der Waals surface area contributed by atoms with Crippen molar-refractivity contribution in [3.8, 4) is 10.7 Å². The van der Waals surface area contributed by atoms with Crippen molar-refractivity contribution < 1.29 is 4.74 Å². The lowest BCUT2D eigenvalue weighted by atomic mass is 10.0. The standard InChI is InChI=1S/C13H17N3OS/c1-14-10-4-7-17-9-11(10)16-6-5-15-13(16)12-3-2-8-18-12/h2-3,5-6,8,10-11,14H,4,7,9H2,1H3. The minimum absolute atomic E-state index is 0.323. The molecular formula is C13H17N3OS. The lowest BCUT2D eigenvalue weighted by Crippen LogP contribution is -2.42. The Morgan fingerprint density at radius 3 is 3.28 bits per heavy atom. The van der Waals surface area contributed by atoms with Crippen LogP contribution in [0.3, 0.4) is 0 Å². The zero-order chi connectivity index (χ0) is 12.4. The molecule has 4 nitrogen and oxygen atoms in total. The summed E-state index contributed by atoms with van der Waals surface area (Å²) in [5, 5.41) is 5.47. The van der Waals surface area contributed by atoms with Crippen LogP contribution in [-0.2, 0) is 4.74 Å². The fourth-order valence-corrected chi connectivity index (χ4v) is 3.24. The van der Waals surface area contributed by atoms with Crippen molar-refractivity contribution in [2.75, 3.05) is 20.3 Å². The number of nitrogens with zero attached hydrogens (tertiary/aromatic N) is 2. The monoisotopic (exact) mass is 263 g/mol. The van der Waals surface area contributed by atoms with Crippen LogP contribution < -0.4 is 5.32 Å². The van der Waals surface area contributed by atoms with Gasteiger partial charge in [-0.25, -0.2) is 4.98 Å². The van der Waals surface area contributed by atoms with E-state index in [0.717, 1.165) is 25.5 Å². The number of thiophene rings is 1. The summed E-state index contributed by atoms with van der Waals surface area (Å²) in [7, 11) is 2.02. The molecule has 1 saturated heterocycles. The Morgan fingerprint density at radius 2 is 2.50 bits per heavy atom. The Hall–Kier alpha value is -1.17. The SMILES string of the molecule is CNC1CCOCC1n1ccnc1-c1cccs1. The van der Waals surface area contributed by atoms with Gasteiger partial charge >= 0.3 is 0 Å². The molecule has 0 saturated carbocycles. The van der Waals surface area contributed by atoms with Crippen molar-refractivity contribution in [2.24, 2.45) is 0 Å². The molecule has 96 valence electrons. The maximum absolute atomic E-state index is 5.63. The van der Waals surface area contributed by atoms with Gasteiger partial charge in [0.25, 0.3) is 0 Å². The number of hydrogen-bond donors (Lipinski definition) is 1. The first-order valence-electron chi connectivity index (χ1n) is 6.22. The van der Waals surface area contributed by atoms with Gasteiger partial charge in [0, 0.05) is 25.0 Å².